The lowest BCUT2D eigenvalue weighted by Crippen LogP contribution is -2.38. The number of nitrogens with zero attached hydrogens (tertiary/aromatic N) is 2. The number of ether oxygens (including phenoxy) is 1. The molecule has 0 aromatic carbocycles. The van der Waals surface area contributed by atoms with Gasteiger partial charge in [0, 0.05) is 19.0 Å². The molecule has 0 bridgehead atoms. The maximum atomic E-state index is 12.2. The molecular weight excluding hydrogens is 304 g/mol. The van der Waals surface area contributed by atoms with Crippen molar-refractivity contribution in [3.8, 4) is 0 Å². The first-order chi connectivity index (χ1) is 11.5. The Morgan fingerprint density at radius 1 is 1.42 bits per heavy atom. The van der Waals surface area contributed by atoms with E-state index in [9.17, 15) is 4.79 Å². The van der Waals surface area contributed by atoms with Gasteiger partial charge < -0.3 is 14.1 Å². The number of oxazole rings is 1. The summed E-state index contributed by atoms with van der Waals surface area (Å²) in [6, 6.07) is 0. The molecule has 5 heteroatoms. The van der Waals surface area contributed by atoms with Gasteiger partial charge in [-0.05, 0) is 45.6 Å². The van der Waals surface area contributed by atoms with Gasteiger partial charge in [0.05, 0.1) is 5.69 Å². The second kappa shape index (κ2) is 8.71. The van der Waals surface area contributed by atoms with Crippen molar-refractivity contribution < 1.29 is 13.9 Å². The molecule has 0 aliphatic carbocycles. The number of carbonyl (C=O) groups excluding carboxylic acids is 1. The molecular formula is C19H28N2O3. The van der Waals surface area contributed by atoms with Crippen LogP contribution < -0.4 is 0 Å². The molecule has 24 heavy (non-hydrogen) atoms. The second-order valence-corrected chi connectivity index (χ2v) is 6.37. The fourth-order valence-electron chi connectivity index (χ4n) is 2.77. The molecule has 1 saturated heterocycles. The van der Waals surface area contributed by atoms with E-state index in [0.717, 1.165) is 42.0 Å². The molecule has 1 aromatic heterocycles. The second-order valence-electron chi connectivity index (χ2n) is 6.37. The largest absolute Gasteiger partial charge is 0.448 e. The van der Waals surface area contributed by atoms with E-state index in [0.29, 0.717) is 25.6 Å². The molecule has 1 fully saturated rings. The van der Waals surface area contributed by atoms with Crippen molar-refractivity contribution in [2.45, 2.75) is 52.9 Å². The normalized spacial score (nSPS) is 15.8. The number of amides is 1. The van der Waals surface area contributed by atoms with Gasteiger partial charge in [-0.15, -0.1) is 0 Å². The Balaban J connectivity index is 1.83. The van der Waals surface area contributed by atoms with Crippen LogP contribution in [0.3, 0.4) is 0 Å². The van der Waals surface area contributed by atoms with Crippen LogP contribution in [0, 0.1) is 0 Å². The van der Waals surface area contributed by atoms with Crippen molar-refractivity contribution in [1.82, 2.24) is 9.88 Å². The van der Waals surface area contributed by atoms with Gasteiger partial charge in [0.1, 0.15) is 12.9 Å². The molecule has 0 N–H and O–H groups in total. The zero-order chi connectivity index (χ0) is 17.5. The van der Waals surface area contributed by atoms with Crippen LogP contribution in [0.1, 0.15) is 58.0 Å². The Hall–Kier alpha value is -2.04. The van der Waals surface area contributed by atoms with E-state index < -0.39 is 0 Å². The van der Waals surface area contributed by atoms with Crippen LogP contribution in [0.25, 0.3) is 0 Å². The maximum absolute atomic E-state index is 12.2. The molecule has 2 rings (SSSR count). The number of carbonyl (C=O) groups is 1. The van der Waals surface area contributed by atoms with Gasteiger partial charge in [-0.1, -0.05) is 24.6 Å². The molecule has 0 unspecified atom stereocenters. The van der Waals surface area contributed by atoms with Crippen LogP contribution in [-0.2, 0) is 11.2 Å². The molecule has 0 saturated carbocycles. The third-order valence-electron chi connectivity index (χ3n) is 4.40. The maximum Gasteiger partial charge on any atom is 0.410 e. The Kier molecular flexibility index (Phi) is 6.64. The lowest BCUT2D eigenvalue weighted by molar-refractivity contribution is 0.0985. The van der Waals surface area contributed by atoms with Crippen molar-refractivity contribution in [3.63, 3.8) is 0 Å². The van der Waals surface area contributed by atoms with Crippen LogP contribution in [0.4, 0.5) is 4.79 Å². The minimum absolute atomic E-state index is 0.238. The molecule has 2 heterocycles. The van der Waals surface area contributed by atoms with E-state index in [1.165, 1.54) is 0 Å². The molecule has 5 nitrogen and oxygen atoms in total. The Morgan fingerprint density at radius 3 is 2.67 bits per heavy atom. The summed E-state index contributed by atoms with van der Waals surface area (Å²) in [5.41, 5.74) is 3.20. The number of aryl methyl sites for hydroxylation is 1. The summed E-state index contributed by atoms with van der Waals surface area (Å²) in [5, 5.41) is 0. The standard InChI is InChI=1S/C19H28N2O3/c1-5-7-16(14(3)4)12-24-19(22)21-10-8-15(9-11-21)18-20-17(6-2)13-23-18/h5,7,13,15H,6,8-12H2,1-4H3. The topological polar surface area (TPSA) is 55.6 Å². The Labute approximate surface area is 144 Å². The minimum atomic E-state index is -0.238. The average Bonchev–Trinajstić information content (AvgIpc) is 3.07. The molecule has 1 aromatic rings. The van der Waals surface area contributed by atoms with Crippen LogP contribution >= 0.6 is 0 Å². The van der Waals surface area contributed by atoms with Crippen molar-refractivity contribution in [1.29, 1.82) is 0 Å². The summed E-state index contributed by atoms with van der Waals surface area (Å²) in [6.45, 7) is 9.76. The summed E-state index contributed by atoms with van der Waals surface area (Å²) in [6.07, 6.45) is 8.06. The van der Waals surface area contributed by atoms with Gasteiger partial charge in [-0.3, -0.25) is 0 Å². The third-order valence-corrected chi connectivity index (χ3v) is 4.40. The zero-order valence-corrected chi connectivity index (χ0v) is 15.2. The van der Waals surface area contributed by atoms with Crippen molar-refractivity contribution in [2.75, 3.05) is 19.7 Å². The first-order valence-corrected chi connectivity index (χ1v) is 8.70. The number of allylic oxidation sites excluding steroid dienone is 2. The first kappa shape index (κ1) is 18.3. The van der Waals surface area contributed by atoms with Crippen molar-refractivity contribution in [2.24, 2.45) is 0 Å². The fourth-order valence-corrected chi connectivity index (χ4v) is 2.77. The van der Waals surface area contributed by atoms with Gasteiger partial charge >= 0.3 is 6.09 Å². The molecule has 1 amide bonds. The van der Waals surface area contributed by atoms with Crippen molar-refractivity contribution >= 4 is 6.09 Å². The summed E-state index contributed by atoms with van der Waals surface area (Å²) in [4.78, 5) is 18.5. The van der Waals surface area contributed by atoms with Crippen molar-refractivity contribution in [3.05, 3.63) is 41.1 Å². The quantitative estimate of drug-likeness (QED) is 0.747. The summed E-state index contributed by atoms with van der Waals surface area (Å²) < 4.78 is 11.0. The highest BCUT2D eigenvalue weighted by Gasteiger charge is 2.27. The number of rotatable bonds is 5. The van der Waals surface area contributed by atoms with Crippen LogP contribution in [0.15, 0.2) is 34.0 Å². The Morgan fingerprint density at radius 2 is 2.12 bits per heavy atom. The molecule has 132 valence electrons. The van der Waals surface area contributed by atoms with E-state index in [4.69, 9.17) is 9.15 Å². The average molecular weight is 332 g/mol. The highest BCUT2D eigenvalue weighted by molar-refractivity contribution is 5.68. The van der Waals surface area contributed by atoms with Gasteiger partial charge in [0.15, 0.2) is 5.89 Å². The smallest absolute Gasteiger partial charge is 0.410 e. The zero-order valence-electron chi connectivity index (χ0n) is 15.2. The fraction of sp³-hybridized carbons (Fsp3) is 0.579. The third kappa shape index (κ3) is 4.73. The number of hydrogen-bond donors (Lipinski definition) is 0. The highest BCUT2D eigenvalue weighted by atomic mass is 16.6. The first-order valence-electron chi connectivity index (χ1n) is 8.70. The molecule has 1 aliphatic rings. The summed E-state index contributed by atoms with van der Waals surface area (Å²) >= 11 is 0. The number of piperidine rings is 1. The number of likely N-dealkylation sites (tertiary alicyclic amines) is 1. The summed E-state index contributed by atoms with van der Waals surface area (Å²) in [5.74, 6) is 1.10. The van der Waals surface area contributed by atoms with Gasteiger partial charge in [0.2, 0.25) is 0 Å². The van der Waals surface area contributed by atoms with Gasteiger partial charge in [-0.2, -0.15) is 0 Å². The van der Waals surface area contributed by atoms with E-state index in [-0.39, 0.29) is 6.09 Å². The van der Waals surface area contributed by atoms with Crippen LogP contribution in [0.5, 0.6) is 0 Å². The molecule has 0 radical (unpaired) electrons. The molecule has 1 aliphatic heterocycles. The predicted molar refractivity (Wildman–Crippen MR) is 94.0 cm³/mol. The number of aromatic nitrogens is 1. The lowest BCUT2D eigenvalue weighted by Gasteiger charge is -2.30. The van der Waals surface area contributed by atoms with Crippen LogP contribution in [0.2, 0.25) is 0 Å². The lowest BCUT2D eigenvalue weighted by atomic mass is 9.97. The van der Waals surface area contributed by atoms with Gasteiger partial charge in [-0.25, -0.2) is 9.78 Å². The van der Waals surface area contributed by atoms with Gasteiger partial charge in [0.25, 0.3) is 0 Å². The minimum Gasteiger partial charge on any atom is -0.448 e. The SMILES string of the molecule is CC=CC(COC(=O)N1CCC(c2nc(CC)co2)CC1)=C(C)C. The van der Waals surface area contributed by atoms with E-state index >= 15 is 0 Å². The van der Waals surface area contributed by atoms with E-state index in [2.05, 4.69) is 11.9 Å². The number of hydrogen-bond acceptors (Lipinski definition) is 4. The van der Waals surface area contributed by atoms with E-state index in [1.807, 2.05) is 32.9 Å². The molecule has 0 spiro atoms. The van der Waals surface area contributed by atoms with Crippen LogP contribution in [-0.4, -0.2) is 35.7 Å². The molecule has 0 atom stereocenters. The highest BCUT2D eigenvalue weighted by Crippen LogP contribution is 2.27. The predicted octanol–water partition coefficient (Wildman–Crippen LogP) is 4.47. The van der Waals surface area contributed by atoms with E-state index in [1.54, 1.807) is 11.2 Å². The monoisotopic (exact) mass is 332 g/mol. The summed E-state index contributed by atoms with van der Waals surface area (Å²) in [7, 11) is 0. The Bertz CT molecular complexity index is 604.